The maximum absolute atomic E-state index is 10.9. The lowest BCUT2D eigenvalue weighted by Gasteiger charge is -2.46. The van der Waals surface area contributed by atoms with Gasteiger partial charge in [0.2, 0.25) is 0 Å². The van der Waals surface area contributed by atoms with E-state index >= 15 is 0 Å². The van der Waals surface area contributed by atoms with E-state index in [0.29, 0.717) is 0 Å². The molecule has 1 aliphatic heterocycles. The molecule has 1 aliphatic carbocycles. The minimum atomic E-state index is -0.206. The first-order valence-electron chi connectivity index (χ1n) is 7.83. The van der Waals surface area contributed by atoms with Crippen LogP contribution in [0.1, 0.15) is 37.7 Å². The SMILES string of the molecule is OC(CCc1ccsc1)C1(N2CCOCC2)CCCC1. The van der Waals surface area contributed by atoms with Crippen molar-refractivity contribution in [2.75, 3.05) is 26.3 Å². The normalized spacial score (nSPS) is 24.9. The molecule has 0 aromatic carbocycles. The summed E-state index contributed by atoms with van der Waals surface area (Å²) in [5, 5.41) is 15.2. The molecule has 1 unspecified atom stereocenters. The van der Waals surface area contributed by atoms with Crippen LogP contribution in [0.4, 0.5) is 0 Å². The van der Waals surface area contributed by atoms with Crippen LogP contribution in [0.3, 0.4) is 0 Å². The number of hydrogen-bond donors (Lipinski definition) is 1. The Kier molecular flexibility index (Phi) is 4.76. The first kappa shape index (κ1) is 14.5. The number of aliphatic hydroxyl groups excluding tert-OH is 1. The van der Waals surface area contributed by atoms with Crippen molar-refractivity contribution in [3.63, 3.8) is 0 Å². The van der Waals surface area contributed by atoms with Crippen LogP contribution in [0.5, 0.6) is 0 Å². The highest BCUT2D eigenvalue weighted by Crippen LogP contribution is 2.40. The highest BCUT2D eigenvalue weighted by Gasteiger charge is 2.45. The van der Waals surface area contributed by atoms with E-state index in [1.165, 1.54) is 18.4 Å². The highest BCUT2D eigenvalue weighted by molar-refractivity contribution is 7.07. The molecule has 1 saturated carbocycles. The molecule has 3 rings (SSSR count). The number of nitrogens with zero attached hydrogens (tertiary/aromatic N) is 1. The molecule has 1 aromatic heterocycles. The summed E-state index contributed by atoms with van der Waals surface area (Å²) in [5.41, 5.74) is 1.39. The van der Waals surface area contributed by atoms with Crippen LogP contribution in [0.15, 0.2) is 16.8 Å². The predicted octanol–water partition coefficient (Wildman–Crippen LogP) is 2.69. The van der Waals surface area contributed by atoms with E-state index in [4.69, 9.17) is 4.74 Å². The zero-order valence-corrected chi connectivity index (χ0v) is 12.9. The number of rotatable bonds is 5. The van der Waals surface area contributed by atoms with Gasteiger partial charge >= 0.3 is 0 Å². The van der Waals surface area contributed by atoms with Crippen molar-refractivity contribution in [2.45, 2.75) is 50.2 Å². The number of ether oxygens (including phenoxy) is 1. The fraction of sp³-hybridized carbons (Fsp3) is 0.750. The van der Waals surface area contributed by atoms with E-state index in [1.54, 1.807) is 11.3 Å². The van der Waals surface area contributed by atoms with Crippen LogP contribution >= 0.6 is 11.3 Å². The average molecular weight is 295 g/mol. The van der Waals surface area contributed by atoms with Gasteiger partial charge in [-0.25, -0.2) is 0 Å². The zero-order chi connectivity index (χ0) is 13.8. The van der Waals surface area contributed by atoms with Crippen molar-refractivity contribution >= 4 is 11.3 Å². The molecule has 1 aromatic rings. The molecule has 0 amide bonds. The van der Waals surface area contributed by atoms with Gasteiger partial charge in [0.25, 0.3) is 0 Å². The summed E-state index contributed by atoms with van der Waals surface area (Å²) in [5.74, 6) is 0. The molecule has 112 valence electrons. The summed E-state index contributed by atoms with van der Waals surface area (Å²) in [7, 11) is 0. The maximum Gasteiger partial charge on any atom is 0.0727 e. The lowest BCUT2D eigenvalue weighted by molar-refractivity contribution is -0.0777. The topological polar surface area (TPSA) is 32.7 Å². The van der Waals surface area contributed by atoms with Crippen molar-refractivity contribution in [1.29, 1.82) is 0 Å². The molecular formula is C16H25NO2S. The number of aliphatic hydroxyl groups is 1. The van der Waals surface area contributed by atoms with Gasteiger partial charge in [0.05, 0.1) is 19.3 Å². The molecule has 0 radical (unpaired) electrons. The molecule has 4 heteroatoms. The van der Waals surface area contributed by atoms with Gasteiger partial charge in [0, 0.05) is 18.6 Å². The van der Waals surface area contributed by atoms with E-state index in [9.17, 15) is 5.11 Å². The Morgan fingerprint density at radius 2 is 2.05 bits per heavy atom. The molecule has 3 nitrogen and oxygen atoms in total. The Morgan fingerprint density at radius 3 is 2.70 bits per heavy atom. The summed E-state index contributed by atoms with van der Waals surface area (Å²) in [6.07, 6.45) is 6.49. The molecule has 1 saturated heterocycles. The van der Waals surface area contributed by atoms with Crippen LogP contribution in [-0.4, -0.2) is 48.0 Å². The van der Waals surface area contributed by atoms with Crippen molar-refractivity contribution in [3.8, 4) is 0 Å². The van der Waals surface area contributed by atoms with Gasteiger partial charge in [-0.15, -0.1) is 0 Å². The molecule has 20 heavy (non-hydrogen) atoms. The third kappa shape index (κ3) is 2.93. The van der Waals surface area contributed by atoms with Gasteiger partial charge in [0.1, 0.15) is 0 Å². The first-order valence-corrected chi connectivity index (χ1v) is 8.77. The number of hydrogen-bond acceptors (Lipinski definition) is 4. The molecular weight excluding hydrogens is 270 g/mol. The lowest BCUT2D eigenvalue weighted by Crippen LogP contribution is -2.58. The lowest BCUT2D eigenvalue weighted by atomic mass is 9.84. The van der Waals surface area contributed by atoms with Crippen LogP contribution in [0, 0.1) is 0 Å². The minimum absolute atomic E-state index is 0.0276. The zero-order valence-electron chi connectivity index (χ0n) is 12.1. The Bertz CT molecular complexity index is 395. The summed E-state index contributed by atoms with van der Waals surface area (Å²) in [4.78, 5) is 2.52. The number of morpholine rings is 1. The molecule has 1 N–H and O–H groups in total. The van der Waals surface area contributed by atoms with Gasteiger partial charge < -0.3 is 9.84 Å². The van der Waals surface area contributed by atoms with E-state index in [2.05, 4.69) is 21.7 Å². The predicted molar refractivity (Wildman–Crippen MR) is 82.2 cm³/mol. The van der Waals surface area contributed by atoms with Crippen molar-refractivity contribution in [3.05, 3.63) is 22.4 Å². The van der Waals surface area contributed by atoms with Crippen molar-refractivity contribution in [1.82, 2.24) is 4.90 Å². The smallest absolute Gasteiger partial charge is 0.0727 e. The molecule has 2 fully saturated rings. The summed E-state index contributed by atoms with van der Waals surface area (Å²) >= 11 is 1.74. The van der Waals surface area contributed by atoms with Crippen LogP contribution in [-0.2, 0) is 11.2 Å². The minimum Gasteiger partial charge on any atom is -0.391 e. The first-order chi connectivity index (χ1) is 9.81. The van der Waals surface area contributed by atoms with Crippen LogP contribution in [0.2, 0.25) is 0 Å². The van der Waals surface area contributed by atoms with Crippen LogP contribution < -0.4 is 0 Å². The monoisotopic (exact) mass is 295 g/mol. The van der Waals surface area contributed by atoms with Gasteiger partial charge in [-0.05, 0) is 48.1 Å². The summed E-state index contributed by atoms with van der Waals surface area (Å²) in [6.45, 7) is 3.60. The Balaban J connectivity index is 1.65. The van der Waals surface area contributed by atoms with E-state index in [-0.39, 0.29) is 11.6 Å². The third-order valence-corrected chi connectivity index (χ3v) is 5.75. The van der Waals surface area contributed by atoms with Gasteiger partial charge in [-0.1, -0.05) is 12.8 Å². The number of thiophene rings is 1. The second-order valence-corrected chi connectivity index (χ2v) is 6.88. The van der Waals surface area contributed by atoms with Gasteiger partial charge in [-0.2, -0.15) is 11.3 Å². The van der Waals surface area contributed by atoms with E-state index < -0.39 is 0 Å². The highest BCUT2D eigenvalue weighted by atomic mass is 32.1. The quantitative estimate of drug-likeness (QED) is 0.906. The maximum atomic E-state index is 10.9. The summed E-state index contributed by atoms with van der Waals surface area (Å²) in [6, 6.07) is 2.17. The number of aryl methyl sites for hydroxylation is 1. The average Bonchev–Trinajstić information content (AvgIpc) is 3.18. The summed E-state index contributed by atoms with van der Waals surface area (Å²) < 4.78 is 5.48. The second kappa shape index (κ2) is 6.56. The molecule has 1 atom stereocenters. The fourth-order valence-electron chi connectivity index (χ4n) is 3.86. The van der Waals surface area contributed by atoms with Crippen molar-refractivity contribution < 1.29 is 9.84 Å². The second-order valence-electron chi connectivity index (χ2n) is 6.10. The van der Waals surface area contributed by atoms with E-state index in [0.717, 1.165) is 52.0 Å². The molecule has 0 bridgehead atoms. The standard InChI is InChI=1S/C16H25NO2S/c18-15(4-3-14-5-12-20-13-14)16(6-1-2-7-16)17-8-10-19-11-9-17/h5,12-13,15,18H,1-4,6-11H2. The fourth-order valence-corrected chi connectivity index (χ4v) is 4.57. The van der Waals surface area contributed by atoms with E-state index in [1.807, 2.05) is 0 Å². The van der Waals surface area contributed by atoms with Gasteiger partial charge in [-0.3, -0.25) is 4.90 Å². The Morgan fingerprint density at radius 1 is 1.30 bits per heavy atom. The Hall–Kier alpha value is -0.420. The molecule has 2 heterocycles. The third-order valence-electron chi connectivity index (χ3n) is 5.02. The molecule has 0 spiro atoms. The van der Waals surface area contributed by atoms with Gasteiger partial charge in [0.15, 0.2) is 0 Å². The van der Waals surface area contributed by atoms with Crippen LogP contribution in [0.25, 0.3) is 0 Å². The van der Waals surface area contributed by atoms with Crippen molar-refractivity contribution in [2.24, 2.45) is 0 Å². The molecule has 2 aliphatic rings. The Labute approximate surface area is 125 Å². The largest absolute Gasteiger partial charge is 0.391 e.